The van der Waals surface area contributed by atoms with Crippen molar-refractivity contribution in [3.63, 3.8) is 0 Å². The summed E-state index contributed by atoms with van der Waals surface area (Å²) in [6.45, 7) is 0. The highest BCUT2D eigenvalue weighted by Crippen LogP contribution is 2.31. The monoisotopic (exact) mass is 292 g/mol. The van der Waals surface area contributed by atoms with Crippen LogP contribution in [0.5, 0.6) is 11.5 Å². The number of nitrogens with zero attached hydrogens (tertiary/aromatic N) is 2. The summed E-state index contributed by atoms with van der Waals surface area (Å²) >= 11 is 5.90. The average Bonchev–Trinajstić information content (AvgIpc) is 2.40. The summed E-state index contributed by atoms with van der Waals surface area (Å²) in [7, 11) is 0. The molecule has 2 aromatic rings. The molecule has 0 radical (unpaired) electrons. The standard InChI is InChI=1S/C13H6ClFN2O3/c14-10-5-8(7-16)1-4-13(10)20-9-2-3-12(17(18)19)11(15)6-9/h1-6H. The van der Waals surface area contributed by atoms with Gasteiger partial charge < -0.3 is 4.74 Å². The van der Waals surface area contributed by atoms with Crippen molar-refractivity contribution in [1.29, 1.82) is 5.26 Å². The van der Waals surface area contributed by atoms with Gasteiger partial charge in [0.1, 0.15) is 11.5 Å². The fourth-order valence-corrected chi connectivity index (χ4v) is 1.70. The molecule has 20 heavy (non-hydrogen) atoms. The van der Waals surface area contributed by atoms with Crippen molar-refractivity contribution in [3.05, 3.63) is 62.9 Å². The molecular weight excluding hydrogens is 287 g/mol. The Bertz CT molecular complexity index is 728. The smallest absolute Gasteiger partial charge is 0.305 e. The van der Waals surface area contributed by atoms with Crippen LogP contribution in [0.15, 0.2) is 36.4 Å². The largest absolute Gasteiger partial charge is 0.456 e. The first kappa shape index (κ1) is 13.8. The van der Waals surface area contributed by atoms with E-state index in [1.165, 1.54) is 24.3 Å². The van der Waals surface area contributed by atoms with Gasteiger partial charge in [-0.05, 0) is 24.3 Å². The molecule has 7 heteroatoms. The maximum Gasteiger partial charge on any atom is 0.305 e. The van der Waals surface area contributed by atoms with Gasteiger partial charge in [-0.25, -0.2) is 0 Å². The molecule has 0 aliphatic heterocycles. The van der Waals surface area contributed by atoms with Crippen LogP contribution in [0.2, 0.25) is 5.02 Å². The summed E-state index contributed by atoms with van der Waals surface area (Å²) in [4.78, 5) is 9.66. The van der Waals surface area contributed by atoms with Crippen molar-refractivity contribution >= 4 is 17.3 Å². The van der Waals surface area contributed by atoms with Crippen molar-refractivity contribution in [2.75, 3.05) is 0 Å². The van der Waals surface area contributed by atoms with Crippen LogP contribution in [0.3, 0.4) is 0 Å². The molecule has 0 saturated carbocycles. The molecule has 100 valence electrons. The lowest BCUT2D eigenvalue weighted by molar-refractivity contribution is -0.387. The highest BCUT2D eigenvalue weighted by molar-refractivity contribution is 6.32. The van der Waals surface area contributed by atoms with Crippen molar-refractivity contribution in [1.82, 2.24) is 0 Å². The zero-order valence-corrected chi connectivity index (χ0v) is 10.6. The Labute approximate surface area is 117 Å². The third-order valence-electron chi connectivity index (χ3n) is 2.40. The molecule has 2 aromatic carbocycles. The van der Waals surface area contributed by atoms with Gasteiger partial charge >= 0.3 is 5.69 Å². The second-order valence-corrected chi connectivity index (χ2v) is 4.14. The van der Waals surface area contributed by atoms with Gasteiger partial charge in [0, 0.05) is 12.1 Å². The van der Waals surface area contributed by atoms with Gasteiger partial charge in [-0.1, -0.05) is 11.6 Å². The first-order chi connectivity index (χ1) is 9.51. The summed E-state index contributed by atoms with van der Waals surface area (Å²) in [6, 6.07) is 9.42. The van der Waals surface area contributed by atoms with Crippen molar-refractivity contribution < 1.29 is 14.1 Å². The predicted molar refractivity (Wildman–Crippen MR) is 69.3 cm³/mol. The Balaban J connectivity index is 2.29. The minimum Gasteiger partial charge on any atom is -0.456 e. The van der Waals surface area contributed by atoms with Crippen LogP contribution >= 0.6 is 11.6 Å². The van der Waals surface area contributed by atoms with E-state index >= 15 is 0 Å². The average molecular weight is 293 g/mol. The number of halogens is 2. The van der Waals surface area contributed by atoms with E-state index in [2.05, 4.69) is 0 Å². The highest BCUT2D eigenvalue weighted by atomic mass is 35.5. The van der Waals surface area contributed by atoms with Crippen LogP contribution in [0.1, 0.15) is 5.56 Å². The molecule has 0 fully saturated rings. The number of nitro benzene ring substituents is 1. The second-order valence-electron chi connectivity index (χ2n) is 3.73. The van der Waals surface area contributed by atoms with E-state index in [4.69, 9.17) is 21.6 Å². The maximum absolute atomic E-state index is 13.4. The van der Waals surface area contributed by atoms with Gasteiger partial charge in [-0.2, -0.15) is 9.65 Å². The molecule has 2 rings (SSSR count). The van der Waals surface area contributed by atoms with Crippen LogP contribution in [0, 0.1) is 27.3 Å². The van der Waals surface area contributed by atoms with Gasteiger partial charge in [0.25, 0.3) is 0 Å². The highest BCUT2D eigenvalue weighted by Gasteiger charge is 2.15. The lowest BCUT2D eigenvalue weighted by Crippen LogP contribution is -1.93. The predicted octanol–water partition coefficient (Wildman–Crippen LogP) is 4.05. The molecule has 0 amide bonds. The van der Waals surface area contributed by atoms with E-state index in [0.29, 0.717) is 5.56 Å². The van der Waals surface area contributed by atoms with E-state index in [1.54, 1.807) is 0 Å². The third kappa shape index (κ3) is 2.84. The van der Waals surface area contributed by atoms with Gasteiger partial charge in [0.2, 0.25) is 5.82 Å². The number of hydrogen-bond acceptors (Lipinski definition) is 4. The zero-order valence-electron chi connectivity index (χ0n) is 9.84. The first-order valence-electron chi connectivity index (χ1n) is 5.32. The van der Waals surface area contributed by atoms with Crippen LogP contribution in [-0.2, 0) is 0 Å². The molecule has 0 atom stereocenters. The number of benzene rings is 2. The van der Waals surface area contributed by atoms with Gasteiger partial charge in [-0.15, -0.1) is 0 Å². The Kier molecular flexibility index (Phi) is 3.82. The van der Waals surface area contributed by atoms with Crippen LogP contribution in [0.25, 0.3) is 0 Å². The maximum atomic E-state index is 13.4. The van der Waals surface area contributed by atoms with Gasteiger partial charge in [-0.3, -0.25) is 10.1 Å². The van der Waals surface area contributed by atoms with E-state index in [1.807, 2.05) is 6.07 Å². The number of ether oxygens (including phenoxy) is 1. The van der Waals surface area contributed by atoms with Gasteiger partial charge in [0.15, 0.2) is 0 Å². The Morgan fingerprint density at radius 3 is 2.60 bits per heavy atom. The summed E-state index contributed by atoms with van der Waals surface area (Å²) < 4.78 is 18.7. The summed E-state index contributed by atoms with van der Waals surface area (Å²) in [5.74, 6) is -0.712. The summed E-state index contributed by atoms with van der Waals surface area (Å²) in [5, 5.41) is 19.4. The lowest BCUT2D eigenvalue weighted by atomic mass is 10.2. The SMILES string of the molecule is N#Cc1ccc(Oc2ccc([N+](=O)[O-])c(F)c2)c(Cl)c1. The van der Waals surface area contributed by atoms with E-state index in [0.717, 1.165) is 12.1 Å². The van der Waals surface area contributed by atoms with Crippen LogP contribution in [0.4, 0.5) is 10.1 Å². The molecule has 0 aliphatic carbocycles. The topological polar surface area (TPSA) is 76.2 Å². The van der Waals surface area contributed by atoms with Crippen LogP contribution in [-0.4, -0.2) is 4.92 Å². The van der Waals surface area contributed by atoms with Crippen molar-refractivity contribution in [3.8, 4) is 17.6 Å². The summed E-state index contributed by atoms with van der Waals surface area (Å²) in [5.41, 5.74) is -0.277. The fourth-order valence-electron chi connectivity index (χ4n) is 1.48. The normalized spacial score (nSPS) is 9.85. The quantitative estimate of drug-likeness (QED) is 0.631. The fraction of sp³-hybridized carbons (Fsp3) is 0. The lowest BCUT2D eigenvalue weighted by Gasteiger charge is -2.07. The first-order valence-corrected chi connectivity index (χ1v) is 5.70. The molecule has 0 aromatic heterocycles. The zero-order chi connectivity index (χ0) is 14.7. The molecule has 0 bridgehead atoms. The molecule has 0 aliphatic rings. The third-order valence-corrected chi connectivity index (χ3v) is 2.70. The Morgan fingerprint density at radius 2 is 2.05 bits per heavy atom. The number of hydrogen-bond donors (Lipinski definition) is 0. The van der Waals surface area contributed by atoms with Crippen molar-refractivity contribution in [2.24, 2.45) is 0 Å². The second kappa shape index (κ2) is 5.55. The molecule has 0 spiro atoms. The minimum absolute atomic E-state index is 0.0692. The molecule has 0 heterocycles. The number of nitro groups is 1. The van der Waals surface area contributed by atoms with Crippen LogP contribution < -0.4 is 4.74 Å². The van der Waals surface area contributed by atoms with Crippen molar-refractivity contribution in [2.45, 2.75) is 0 Å². The molecule has 5 nitrogen and oxygen atoms in total. The molecule has 0 N–H and O–H groups in total. The number of rotatable bonds is 3. The molecular formula is C13H6ClFN2O3. The van der Waals surface area contributed by atoms with E-state index in [-0.39, 0.29) is 16.5 Å². The van der Waals surface area contributed by atoms with Gasteiger partial charge in [0.05, 0.1) is 21.6 Å². The molecule has 0 unspecified atom stereocenters. The minimum atomic E-state index is -1.00. The summed E-state index contributed by atoms with van der Waals surface area (Å²) in [6.07, 6.45) is 0. The Hall–Kier alpha value is -2.65. The number of nitriles is 1. The Morgan fingerprint density at radius 1 is 1.30 bits per heavy atom. The van der Waals surface area contributed by atoms with E-state index in [9.17, 15) is 14.5 Å². The van der Waals surface area contributed by atoms with E-state index < -0.39 is 16.4 Å². The molecule has 0 saturated heterocycles.